The molecule has 0 saturated heterocycles. The van der Waals surface area contributed by atoms with E-state index in [4.69, 9.17) is 10.8 Å². The molecule has 0 heterocycles. The van der Waals surface area contributed by atoms with E-state index in [0.717, 1.165) is 32.0 Å². The number of aldehydes is 1. The van der Waals surface area contributed by atoms with Crippen molar-refractivity contribution in [3.63, 3.8) is 0 Å². The summed E-state index contributed by atoms with van der Waals surface area (Å²) in [5.74, 6) is 0.790. The molecule has 4 atom stereocenters. The van der Waals surface area contributed by atoms with Gasteiger partial charge in [-0.1, -0.05) is 52.8 Å². The molecule has 0 aromatic heterocycles. The van der Waals surface area contributed by atoms with Crippen molar-refractivity contribution in [2.75, 3.05) is 0 Å². The maximum Gasteiger partial charge on any atom is 0.287 e. The second-order valence-electron chi connectivity index (χ2n) is 6.88. The third-order valence-electron chi connectivity index (χ3n) is 5.53. The highest BCUT2D eigenvalue weighted by Gasteiger charge is 2.55. The van der Waals surface area contributed by atoms with E-state index in [1.54, 1.807) is 0 Å². The molecule has 1 saturated carbocycles. The van der Waals surface area contributed by atoms with E-state index >= 15 is 0 Å². The van der Waals surface area contributed by atoms with Crippen molar-refractivity contribution >= 4 is 13.8 Å². The van der Waals surface area contributed by atoms with Gasteiger partial charge in [-0.05, 0) is 36.5 Å². The Bertz CT molecular complexity index is 313. The fraction of sp³-hybridized carbons (Fsp3) is 0.938. The van der Waals surface area contributed by atoms with Crippen molar-refractivity contribution in [1.82, 2.24) is 0 Å². The van der Waals surface area contributed by atoms with E-state index in [1.807, 2.05) is 0 Å². The molecule has 1 rings (SSSR count). The lowest BCUT2D eigenvalue weighted by Crippen LogP contribution is -2.46. The molecule has 20 heavy (non-hydrogen) atoms. The first-order valence-corrected chi connectivity index (χ1v) is 8.18. The summed E-state index contributed by atoms with van der Waals surface area (Å²) in [6.45, 7) is 6.73. The van der Waals surface area contributed by atoms with Gasteiger partial charge in [-0.25, -0.2) is 0 Å². The van der Waals surface area contributed by atoms with Crippen LogP contribution in [0, 0.1) is 17.3 Å². The minimum Gasteiger partial charge on any atom is -0.454 e. The maximum absolute atomic E-state index is 11.6. The molecule has 0 spiro atoms. The van der Waals surface area contributed by atoms with E-state index in [9.17, 15) is 4.79 Å². The number of carbonyl (C=O) groups is 1. The molecule has 0 aliphatic heterocycles. The van der Waals surface area contributed by atoms with Crippen LogP contribution in [0.25, 0.3) is 0 Å². The van der Waals surface area contributed by atoms with E-state index in [1.165, 1.54) is 26.7 Å². The zero-order valence-corrected chi connectivity index (χ0v) is 13.4. The van der Waals surface area contributed by atoms with Gasteiger partial charge in [0.15, 0.2) is 0 Å². The summed E-state index contributed by atoms with van der Waals surface area (Å²) in [5, 5.41) is 8.86. The van der Waals surface area contributed by atoms with Crippen LogP contribution >= 0.6 is 0 Å². The summed E-state index contributed by atoms with van der Waals surface area (Å²) < 4.78 is 0. The molecule has 0 aromatic carbocycles. The summed E-state index contributed by atoms with van der Waals surface area (Å²) in [4.78, 5) is 11.6. The van der Waals surface area contributed by atoms with Crippen LogP contribution in [0.3, 0.4) is 0 Å². The Labute approximate surface area is 125 Å². The normalized spacial score (nSPS) is 37.0. The van der Waals surface area contributed by atoms with Gasteiger partial charge in [0.1, 0.15) is 6.29 Å². The molecular weight excluding hydrogens is 249 g/mol. The van der Waals surface area contributed by atoms with Crippen LogP contribution in [0.5, 0.6) is 0 Å². The third-order valence-corrected chi connectivity index (χ3v) is 5.53. The molecule has 4 unspecified atom stereocenters. The van der Waals surface area contributed by atoms with E-state index < -0.39 is 5.54 Å². The Balaban J connectivity index is 2.92. The van der Waals surface area contributed by atoms with E-state index in [0.29, 0.717) is 12.2 Å². The fourth-order valence-electron chi connectivity index (χ4n) is 4.21. The van der Waals surface area contributed by atoms with Crippen LogP contribution in [0.1, 0.15) is 65.7 Å². The Kier molecular flexibility index (Phi) is 6.73. The Morgan fingerprint density at radius 3 is 2.45 bits per heavy atom. The van der Waals surface area contributed by atoms with Gasteiger partial charge in [0, 0.05) is 0 Å². The first-order valence-electron chi connectivity index (χ1n) is 8.18. The predicted molar refractivity (Wildman–Crippen MR) is 84.5 cm³/mol. The number of nitrogens with two attached hydrogens (primary N) is 1. The molecule has 1 aliphatic rings. The first kappa shape index (κ1) is 17.7. The standard InChI is InChI=1S/C16H31BNO2/c1-4-6-8-13-14(9-7-10-17-20)16(18,12-19)11-15(13,3)5-2/h12-14,20H,4-11,18H2,1-3H3. The first-order chi connectivity index (χ1) is 9.47. The van der Waals surface area contributed by atoms with Crippen molar-refractivity contribution in [3.05, 3.63) is 0 Å². The summed E-state index contributed by atoms with van der Waals surface area (Å²) in [7, 11) is 1.22. The van der Waals surface area contributed by atoms with Crippen LogP contribution < -0.4 is 5.73 Å². The summed E-state index contributed by atoms with van der Waals surface area (Å²) in [6.07, 6.45) is 8.99. The van der Waals surface area contributed by atoms with Crippen LogP contribution in [0.2, 0.25) is 6.32 Å². The number of hydrogen-bond acceptors (Lipinski definition) is 3. The minimum absolute atomic E-state index is 0.179. The summed E-state index contributed by atoms with van der Waals surface area (Å²) in [6, 6.07) is 0. The monoisotopic (exact) mass is 280 g/mol. The molecule has 0 bridgehead atoms. The zero-order chi connectivity index (χ0) is 15.2. The lowest BCUT2D eigenvalue weighted by atomic mass is 9.71. The van der Waals surface area contributed by atoms with Gasteiger partial charge >= 0.3 is 0 Å². The fourth-order valence-corrected chi connectivity index (χ4v) is 4.21. The van der Waals surface area contributed by atoms with E-state index in [2.05, 4.69) is 20.8 Å². The highest BCUT2D eigenvalue weighted by molar-refractivity contribution is 6.25. The lowest BCUT2D eigenvalue weighted by molar-refractivity contribution is -0.113. The number of rotatable bonds is 9. The van der Waals surface area contributed by atoms with Crippen LogP contribution in [-0.4, -0.2) is 24.3 Å². The van der Waals surface area contributed by atoms with Crippen molar-refractivity contribution < 1.29 is 9.82 Å². The summed E-state index contributed by atoms with van der Waals surface area (Å²) >= 11 is 0. The van der Waals surface area contributed by atoms with Gasteiger partial charge < -0.3 is 15.6 Å². The van der Waals surface area contributed by atoms with Crippen molar-refractivity contribution in [2.24, 2.45) is 23.0 Å². The molecule has 1 radical (unpaired) electrons. The second-order valence-corrected chi connectivity index (χ2v) is 6.88. The lowest BCUT2D eigenvalue weighted by Gasteiger charge is -2.34. The average molecular weight is 280 g/mol. The van der Waals surface area contributed by atoms with Crippen LogP contribution in [-0.2, 0) is 4.79 Å². The number of unbranched alkanes of at least 4 members (excludes halogenated alkanes) is 1. The molecule has 0 amide bonds. The highest BCUT2D eigenvalue weighted by atomic mass is 16.2. The third kappa shape index (κ3) is 3.64. The van der Waals surface area contributed by atoms with Gasteiger partial charge in [-0.2, -0.15) is 0 Å². The smallest absolute Gasteiger partial charge is 0.287 e. The molecule has 0 aromatic rings. The molecule has 3 nitrogen and oxygen atoms in total. The van der Waals surface area contributed by atoms with Crippen LogP contribution in [0.15, 0.2) is 0 Å². The number of carbonyl (C=O) groups excluding carboxylic acids is 1. The average Bonchev–Trinajstić information content (AvgIpc) is 2.66. The van der Waals surface area contributed by atoms with Crippen molar-refractivity contribution in [2.45, 2.75) is 77.6 Å². The largest absolute Gasteiger partial charge is 0.454 e. The Morgan fingerprint density at radius 2 is 1.95 bits per heavy atom. The second kappa shape index (κ2) is 7.60. The van der Waals surface area contributed by atoms with Gasteiger partial charge in [0.2, 0.25) is 0 Å². The summed E-state index contributed by atoms with van der Waals surface area (Å²) in [5.41, 5.74) is 5.97. The zero-order valence-electron chi connectivity index (χ0n) is 13.4. The topological polar surface area (TPSA) is 63.3 Å². The molecule has 1 fully saturated rings. The molecule has 3 N–H and O–H groups in total. The molecule has 115 valence electrons. The predicted octanol–water partition coefficient (Wildman–Crippen LogP) is 2.94. The van der Waals surface area contributed by atoms with Crippen LogP contribution in [0.4, 0.5) is 0 Å². The molecule has 4 heteroatoms. The molecular formula is C16H31BNO2. The van der Waals surface area contributed by atoms with E-state index in [-0.39, 0.29) is 11.3 Å². The quantitative estimate of drug-likeness (QED) is 0.388. The molecule has 1 aliphatic carbocycles. The van der Waals surface area contributed by atoms with Gasteiger partial charge in [0.05, 0.1) is 5.54 Å². The number of hydrogen-bond donors (Lipinski definition) is 2. The Hall–Kier alpha value is -0.345. The highest BCUT2D eigenvalue weighted by Crippen LogP contribution is 2.55. The van der Waals surface area contributed by atoms with Crippen molar-refractivity contribution in [3.8, 4) is 0 Å². The minimum atomic E-state index is -0.668. The Morgan fingerprint density at radius 1 is 1.30 bits per heavy atom. The van der Waals surface area contributed by atoms with Gasteiger partial charge in [-0.3, -0.25) is 0 Å². The van der Waals surface area contributed by atoms with Gasteiger partial charge in [0.25, 0.3) is 7.48 Å². The van der Waals surface area contributed by atoms with Gasteiger partial charge in [-0.15, -0.1) is 0 Å². The maximum atomic E-state index is 11.6. The SMILES string of the molecule is CCCCC1C(CCC[B]O)C(N)(C=O)CC1(C)CC. The van der Waals surface area contributed by atoms with Crippen molar-refractivity contribution in [1.29, 1.82) is 0 Å².